The molecule has 126 valence electrons. The Kier molecular flexibility index (Phi) is 8.85. The van der Waals surface area contributed by atoms with Gasteiger partial charge in [0, 0.05) is 32.2 Å². The Hall–Kier alpha value is -1.42. The molecule has 0 saturated carbocycles. The summed E-state index contributed by atoms with van der Waals surface area (Å²) < 4.78 is 0. The van der Waals surface area contributed by atoms with Crippen LogP contribution in [0.5, 0.6) is 0 Å². The molecule has 0 unspecified atom stereocenters. The monoisotopic (exact) mass is 446 g/mol. The van der Waals surface area contributed by atoms with Crippen LogP contribution in [-0.4, -0.2) is 36.6 Å². The molecule has 0 aliphatic heterocycles. The average Bonchev–Trinajstić information content (AvgIpc) is 3.00. The predicted molar refractivity (Wildman–Crippen MR) is 108 cm³/mol. The molecule has 0 amide bonds. The summed E-state index contributed by atoms with van der Waals surface area (Å²) in [5, 5.41) is 9.55. The summed E-state index contributed by atoms with van der Waals surface area (Å²) >= 11 is 1.63. The molecule has 0 fully saturated rings. The second kappa shape index (κ2) is 10.4. The summed E-state index contributed by atoms with van der Waals surface area (Å²) in [5.41, 5.74) is 1.96. The average molecular weight is 446 g/mol. The van der Waals surface area contributed by atoms with Gasteiger partial charge in [-0.15, -0.1) is 35.3 Å². The van der Waals surface area contributed by atoms with Gasteiger partial charge in [-0.1, -0.05) is 6.07 Å². The Bertz CT molecular complexity index is 599. The molecule has 2 aromatic heterocycles. The highest BCUT2D eigenvalue weighted by Crippen LogP contribution is 2.18. The Morgan fingerprint density at radius 1 is 1.26 bits per heavy atom. The van der Waals surface area contributed by atoms with Crippen molar-refractivity contribution in [3.05, 3.63) is 41.2 Å². The lowest BCUT2D eigenvalue weighted by molar-refractivity contribution is 0.797. The molecule has 0 aliphatic carbocycles. The molecule has 2 N–H and O–H groups in total. The summed E-state index contributed by atoms with van der Waals surface area (Å²) in [4.78, 5) is 15.4. The summed E-state index contributed by atoms with van der Waals surface area (Å²) in [5.74, 6) is 0.771. The van der Waals surface area contributed by atoms with E-state index in [1.165, 1.54) is 0 Å². The van der Waals surface area contributed by atoms with Crippen LogP contribution in [0.3, 0.4) is 0 Å². The summed E-state index contributed by atoms with van der Waals surface area (Å²) in [7, 11) is 3.98. The molecular weight excluding hydrogens is 423 g/mol. The maximum absolute atomic E-state index is 4.56. The fraction of sp³-hybridized carbons (Fsp3) is 0.400. The van der Waals surface area contributed by atoms with Crippen LogP contribution in [0.2, 0.25) is 0 Å². The number of hydrogen-bond acceptors (Lipinski definition) is 5. The number of thiazole rings is 1. The van der Waals surface area contributed by atoms with Gasteiger partial charge in [-0.25, -0.2) is 9.98 Å². The number of hydrogen-bond donors (Lipinski definition) is 2. The van der Waals surface area contributed by atoms with E-state index in [0.29, 0.717) is 13.1 Å². The van der Waals surface area contributed by atoms with Crippen LogP contribution in [-0.2, 0) is 13.1 Å². The number of nitrogens with one attached hydrogen (secondary N) is 2. The fourth-order valence-corrected chi connectivity index (χ4v) is 2.50. The topological polar surface area (TPSA) is 65.4 Å². The smallest absolute Gasteiger partial charge is 0.191 e. The van der Waals surface area contributed by atoms with Gasteiger partial charge in [-0.3, -0.25) is 4.98 Å². The van der Waals surface area contributed by atoms with Gasteiger partial charge in [0.1, 0.15) is 0 Å². The van der Waals surface area contributed by atoms with Crippen LogP contribution in [0, 0.1) is 0 Å². The van der Waals surface area contributed by atoms with Gasteiger partial charge in [-0.2, -0.15) is 0 Å². The van der Waals surface area contributed by atoms with Crippen molar-refractivity contribution in [2.24, 2.45) is 4.99 Å². The lowest BCUT2D eigenvalue weighted by Gasteiger charge is -2.10. The molecule has 0 radical (unpaired) electrons. The Labute approximate surface area is 158 Å². The number of halogens is 1. The summed E-state index contributed by atoms with van der Waals surface area (Å²) in [6, 6.07) is 5.87. The maximum Gasteiger partial charge on any atom is 0.191 e. The standard InChI is InChI=1S/C15H22N6S.HI/c1-4-16-14(18-9-12-7-5-6-8-17-12)19-10-13-11-22-15(20-13)21(2)3;/h5-8,11H,4,9-10H2,1-3H3,(H2,16,18,19);1H. The third kappa shape index (κ3) is 6.69. The van der Waals surface area contributed by atoms with E-state index in [1.807, 2.05) is 49.5 Å². The minimum absolute atomic E-state index is 0. The first-order chi connectivity index (χ1) is 10.7. The largest absolute Gasteiger partial charge is 0.357 e. The number of guanidine groups is 1. The Morgan fingerprint density at radius 3 is 2.70 bits per heavy atom. The van der Waals surface area contributed by atoms with Crippen molar-refractivity contribution < 1.29 is 0 Å². The zero-order valence-electron chi connectivity index (χ0n) is 13.6. The highest BCUT2D eigenvalue weighted by Gasteiger charge is 2.04. The first kappa shape index (κ1) is 19.6. The fourth-order valence-electron chi connectivity index (χ4n) is 1.75. The highest BCUT2D eigenvalue weighted by atomic mass is 127. The van der Waals surface area contributed by atoms with E-state index in [4.69, 9.17) is 0 Å². The van der Waals surface area contributed by atoms with Crippen LogP contribution in [0.1, 0.15) is 18.3 Å². The molecule has 2 rings (SSSR count). The molecule has 0 atom stereocenters. The van der Waals surface area contributed by atoms with Crippen molar-refractivity contribution in [3.8, 4) is 0 Å². The number of aliphatic imine (C=N–C) groups is 1. The normalized spacial score (nSPS) is 10.8. The van der Waals surface area contributed by atoms with Crippen molar-refractivity contribution >= 4 is 46.4 Å². The molecule has 2 aromatic rings. The number of anilines is 1. The lowest BCUT2D eigenvalue weighted by Crippen LogP contribution is -2.37. The van der Waals surface area contributed by atoms with Crippen molar-refractivity contribution in [2.45, 2.75) is 20.0 Å². The molecular formula is C15H23IN6S. The molecule has 0 saturated heterocycles. The van der Waals surface area contributed by atoms with Crippen LogP contribution >= 0.6 is 35.3 Å². The Balaban J connectivity index is 0.00000264. The van der Waals surface area contributed by atoms with Gasteiger partial charge >= 0.3 is 0 Å². The van der Waals surface area contributed by atoms with E-state index in [0.717, 1.165) is 29.0 Å². The van der Waals surface area contributed by atoms with Crippen molar-refractivity contribution in [3.63, 3.8) is 0 Å². The predicted octanol–water partition coefficient (Wildman–Crippen LogP) is 2.48. The van der Waals surface area contributed by atoms with Crippen molar-refractivity contribution in [2.75, 3.05) is 25.5 Å². The van der Waals surface area contributed by atoms with Gasteiger partial charge in [-0.05, 0) is 19.1 Å². The SMILES string of the molecule is CCNC(=NCc1csc(N(C)C)n1)NCc1ccccn1.I. The first-order valence-electron chi connectivity index (χ1n) is 7.23. The highest BCUT2D eigenvalue weighted by molar-refractivity contribution is 14.0. The Morgan fingerprint density at radius 2 is 2.09 bits per heavy atom. The molecule has 0 bridgehead atoms. The van der Waals surface area contributed by atoms with Crippen molar-refractivity contribution in [1.82, 2.24) is 20.6 Å². The number of pyridine rings is 1. The van der Waals surface area contributed by atoms with Gasteiger partial charge < -0.3 is 15.5 Å². The van der Waals surface area contributed by atoms with Crippen LogP contribution in [0.4, 0.5) is 5.13 Å². The zero-order chi connectivity index (χ0) is 15.8. The maximum atomic E-state index is 4.56. The third-order valence-corrected chi connectivity index (χ3v) is 3.89. The second-order valence-corrected chi connectivity index (χ2v) is 5.72. The van der Waals surface area contributed by atoms with E-state index in [9.17, 15) is 0 Å². The minimum atomic E-state index is 0. The number of rotatable bonds is 6. The number of aromatic nitrogens is 2. The second-order valence-electron chi connectivity index (χ2n) is 4.89. The van der Waals surface area contributed by atoms with Gasteiger partial charge in [0.2, 0.25) is 0 Å². The summed E-state index contributed by atoms with van der Waals surface area (Å²) in [6.07, 6.45) is 1.79. The van der Waals surface area contributed by atoms with Crippen LogP contribution < -0.4 is 15.5 Å². The molecule has 8 heteroatoms. The van der Waals surface area contributed by atoms with E-state index >= 15 is 0 Å². The first-order valence-corrected chi connectivity index (χ1v) is 8.11. The van der Waals surface area contributed by atoms with E-state index in [-0.39, 0.29) is 24.0 Å². The quantitative estimate of drug-likeness (QED) is 0.406. The van der Waals surface area contributed by atoms with Crippen molar-refractivity contribution in [1.29, 1.82) is 0 Å². The number of nitrogens with zero attached hydrogens (tertiary/aromatic N) is 4. The van der Waals surface area contributed by atoms with E-state index in [1.54, 1.807) is 17.5 Å². The van der Waals surface area contributed by atoms with Gasteiger partial charge in [0.05, 0.1) is 24.5 Å². The molecule has 23 heavy (non-hydrogen) atoms. The van der Waals surface area contributed by atoms with Crippen LogP contribution in [0.25, 0.3) is 0 Å². The zero-order valence-corrected chi connectivity index (χ0v) is 16.8. The molecule has 0 aromatic carbocycles. The molecule has 0 aliphatic rings. The summed E-state index contributed by atoms with van der Waals surface area (Å²) in [6.45, 7) is 4.06. The minimum Gasteiger partial charge on any atom is -0.357 e. The van der Waals surface area contributed by atoms with E-state index < -0.39 is 0 Å². The van der Waals surface area contributed by atoms with Gasteiger partial charge in [0.25, 0.3) is 0 Å². The molecule has 6 nitrogen and oxygen atoms in total. The molecule has 0 spiro atoms. The third-order valence-electron chi connectivity index (χ3n) is 2.83. The lowest BCUT2D eigenvalue weighted by atomic mass is 10.3. The van der Waals surface area contributed by atoms with Crippen LogP contribution in [0.15, 0.2) is 34.8 Å². The molecule has 2 heterocycles. The van der Waals surface area contributed by atoms with E-state index in [2.05, 4.69) is 25.6 Å². The van der Waals surface area contributed by atoms with Gasteiger partial charge in [0.15, 0.2) is 11.1 Å².